The second kappa shape index (κ2) is 4.12. The van der Waals surface area contributed by atoms with E-state index in [2.05, 4.69) is 5.32 Å². The van der Waals surface area contributed by atoms with Crippen LogP contribution in [0.25, 0.3) is 0 Å². The van der Waals surface area contributed by atoms with Crippen molar-refractivity contribution in [3.8, 4) is 0 Å². The van der Waals surface area contributed by atoms with Crippen molar-refractivity contribution in [1.29, 1.82) is 5.41 Å². The van der Waals surface area contributed by atoms with E-state index in [9.17, 15) is 18.0 Å². The third-order valence-electron chi connectivity index (χ3n) is 1.59. The first-order valence-electron chi connectivity index (χ1n) is 3.92. The number of nitrogens with one attached hydrogen (secondary N) is 2. The van der Waals surface area contributed by atoms with Gasteiger partial charge in [-0.25, -0.2) is 0 Å². The molecule has 2 N–H and O–H groups in total. The van der Waals surface area contributed by atoms with Crippen LogP contribution in [0.4, 0.5) is 18.9 Å². The number of halogens is 3. The van der Waals surface area contributed by atoms with Gasteiger partial charge in [-0.1, -0.05) is 6.07 Å². The van der Waals surface area contributed by atoms with Gasteiger partial charge >= 0.3 is 6.18 Å². The largest absolute Gasteiger partial charge is 0.416 e. The molecule has 0 fully saturated rings. The van der Waals surface area contributed by atoms with E-state index in [-0.39, 0.29) is 5.69 Å². The van der Waals surface area contributed by atoms with Gasteiger partial charge < -0.3 is 10.7 Å². The van der Waals surface area contributed by atoms with Crippen LogP contribution in [0.2, 0.25) is 0 Å². The van der Waals surface area contributed by atoms with Crippen LogP contribution < -0.4 is 5.32 Å². The van der Waals surface area contributed by atoms with Gasteiger partial charge in [-0.3, -0.25) is 4.79 Å². The number of rotatable bonds is 2. The standard InChI is InChI=1S/C9H7F3N2O/c10-9(11,12)6-2-1-3-7(4-6)14-8(15)5-13/h1-5,13H,(H,14,15). The molecule has 3 nitrogen and oxygen atoms in total. The van der Waals surface area contributed by atoms with E-state index < -0.39 is 17.6 Å². The molecule has 0 atom stereocenters. The number of amides is 1. The van der Waals surface area contributed by atoms with E-state index in [0.29, 0.717) is 6.21 Å². The fourth-order valence-electron chi connectivity index (χ4n) is 0.952. The Morgan fingerprint density at radius 3 is 2.60 bits per heavy atom. The van der Waals surface area contributed by atoms with E-state index in [0.717, 1.165) is 12.1 Å². The van der Waals surface area contributed by atoms with Gasteiger partial charge in [0.15, 0.2) is 0 Å². The Bertz CT molecular complexity index is 387. The molecule has 1 aromatic carbocycles. The van der Waals surface area contributed by atoms with Crippen LogP contribution in [-0.4, -0.2) is 12.1 Å². The van der Waals surface area contributed by atoms with E-state index in [4.69, 9.17) is 5.41 Å². The molecule has 0 aliphatic rings. The topological polar surface area (TPSA) is 53.0 Å². The lowest BCUT2D eigenvalue weighted by Gasteiger charge is -2.08. The molecule has 0 saturated carbocycles. The molecular formula is C9H7F3N2O. The van der Waals surface area contributed by atoms with Crippen LogP contribution >= 0.6 is 0 Å². The second-order valence-corrected chi connectivity index (χ2v) is 2.71. The Balaban J connectivity index is 2.93. The number of benzene rings is 1. The highest BCUT2D eigenvalue weighted by Crippen LogP contribution is 2.30. The highest BCUT2D eigenvalue weighted by atomic mass is 19.4. The maximum atomic E-state index is 12.2. The molecular weight excluding hydrogens is 209 g/mol. The minimum Gasteiger partial charge on any atom is -0.321 e. The Kier molecular flexibility index (Phi) is 3.08. The van der Waals surface area contributed by atoms with E-state index in [1.54, 1.807) is 0 Å². The Labute approximate surface area is 83.4 Å². The molecule has 0 aliphatic carbocycles. The number of carbonyl (C=O) groups excluding carboxylic acids is 1. The number of hydrogen-bond acceptors (Lipinski definition) is 2. The van der Waals surface area contributed by atoms with Gasteiger partial charge in [-0.15, -0.1) is 0 Å². The molecule has 0 radical (unpaired) electrons. The normalized spacial score (nSPS) is 10.9. The summed E-state index contributed by atoms with van der Waals surface area (Å²) in [4.78, 5) is 10.7. The molecule has 1 aromatic rings. The maximum absolute atomic E-state index is 12.2. The summed E-state index contributed by atoms with van der Waals surface area (Å²) in [5.41, 5.74) is -0.830. The lowest BCUT2D eigenvalue weighted by Crippen LogP contribution is -2.13. The zero-order valence-corrected chi connectivity index (χ0v) is 7.43. The molecule has 0 spiro atoms. The van der Waals surface area contributed by atoms with Gasteiger partial charge in [0.1, 0.15) is 0 Å². The van der Waals surface area contributed by atoms with Crippen LogP contribution in [0.5, 0.6) is 0 Å². The van der Waals surface area contributed by atoms with Gasteiger partial charge in [-0.2, -0.15) is 13.2 Å². The maximum Gasteiger partial charge on any atom is 0.416 e. The molecule has 0 bridgehead atoms. The SMILES string of the molecule is N=CC(=O)Nc1cccc(C(F)(F)F)c1. The van der Waals surface area contributed by atoms with Crippen molar-refractivity contribution in [3.63, 3.8) is 0 Å². The number of anilines is 1. The van der Waals surface area contributed by atoms with Crippen LogP contribution in [0.3, 0.4) is 0 Å². The van der Waals surface area contributed by atoms with Crippen LogP contribution in [0.15, 0.2) is 24.3 Å². The quantitative estimate of drug-likeness (QED) is 0.732. The smallest absolute Gasteiger partial charge is 0.321 e. The van der Waals surface area contributed by atoms with E-state index in [1.165, 1.54) is 12.1 Å². The molecule has 1 rings (SSSR count). The van der Waals surface area contributed by atoms with Crippen molar-refractivity contribution in [3.05, 3.63) is 29.8 Å². The zero-order chi connectivity index (χ0) is 11.5. The number of carbonyl (C=O) groups is 1. The molecule has 0 saturated heterocycles. The Morgan fingerprint density at radius 2 is 2.07 bits per heavy atom. The van der Waals surface area contributed by atoms with Crippen molar-refractivity contribution in [1.82, 2.24) is 0 Å². The highest BCUT2D eigenvalue weighted by Gasteiger charge is 2.30. The third-order valence-corrected chi connectivity index (χ3v) is 1.59. The van der Waals surface area contributed by atoms with Gasteiger partial charge in [0, 0.05) is 5.69 Å². The lowest BCUT2D eigenvalue weighted by molar-refractivity contribution is -0.137. The van der Waals surface area contributed by atoms with Gasteiger partial charge in [-0.05, 0) is 18.2 Å². The molecule has 1 amide bonds. The summed E-state index contributed by atoms with van der Waals surface area (Å²) in [7, 11) is 0. The fourth-order valence-corrected chi connectivity index (χ4v) is 0.952. The van der Waals surface area contributed by atoms with Crippen molar-refractivity contribution in [2.75, 3.05) is 5.32 Å². The van der Waals surface area contributed by atoms with Crippen LogP contribution in [0.1, 0.15) is 5.56 Å². The monoisotopic (exact) mass is 216 g/mol. The predicted octanol–water partition coefficient (Wildman–Crippen LogP) is 2.29. The molecule has 0 aromatic heterocycles. The average molecular weight is 216 g/mol. The zero-order valence-electron chi connectivity index (χ0n) is 7.43. The second-order valence-electron chi connectivity index (χ2n) is 2.71. The van der Waals surface area contributed by atoms with Gasteiger partial charge in [0.25, 0.3) is 5.91 Å². The summed E-state index contributed by atoms with van der Waals surface area (Å²) in [6.07, 6.45) is -3.95. The Morgan fingerprint density at radius 1 is 1.40 bits per heavy atom. The molecule has 15 heavy (non-hydrogen) atoms. The van der Waals surface area contributed by atoms with Crippen molar-refractivity contribution >= 4 is 17.8 Å². The summed E-state index contributed by atoms with van der Waals surface area (Å²) in [5.74, 6) is -0.769. The summed E-state index contributed by atoms with van der Waals surface area (Å²) in [5, 5.41) is 8.70. The molecule has 6 heteroatoms. The first-order chi connectivity index (χ1) is 6.93. The predicted molar refractivity (Wildman–Crippen MR) is 48.9 cm³/mol. The summed E-state index contributed by atoms with van der Waals surface area (Å²) in [6, 6.07) is 4.21. The van der Waals surface area contributed by atoms with Crippen LogP contribution in [-0.2, 0) is 11.0 Å². The molecule has 0 aliphatic heterocycles. The fraction of sp³-hybridized carbons (Fsp3) is 0.111. The molecule has 0 heterocycles. The van der Waals surface area contributed by atoms with E-state index >= 15 is 0 Å². The minimum absolute atomic E-state index is 0.0123. The lowest BCUT2D eigenvalue weighted by atomic mass is 10.2. The average Bonchev–Trinajstić information content (AvgIpc) is 2.17. The summed E-state index contributed by atoms with van der Waals surface area (Å²) >= 11 is 0. The minimum atomic E-state index is -4.44. The van der Waals surface area contributed by atoms with Crippen molar-refractivity contribution in [2.45, 2.75) is 6.18 Å². The number of hydrogen-bond donors (Lipinski definition) is 2. The summed E-state index contributed by atoms with van der Waals surface area (Å²) < 4.78 is 36.7. The Hall–Kier alpha value is -1.85. The van der Waals surface area contributed by atoms with Crippen molar-refractivity contribution in [2.24, 2.45) is 0 Å². The van der Waals surface area contributed by atoms with Gasteiger partial charge in [0.05, 0.1) is 11.8 Å². The van der Waals surface area contributed by atoms with Crippen LogP contribution in [0, 0.1) is 5.41 Å². The third kappa shape index (κ3) is 3.08. The molecule has 80 valence electrons. The number of alkyl halides is 3. The van der Waals surface area contributed by atoms with E-state index in [1.807, 2.05) is 0 Å². The molecule has 0 unspecified atom stereocenters. The van der Waals surface area contributed by atoms with Gasteiger partial charge in [0.2, 0.25) is 0 Å². The van der Waals surface area contributed by atoms with Crippen molar-refractivity contribution < 1.29 is 18.0 Å². The first kappa shape index (κ1) is 11.2. The summed E-state index contributed by atoms with van der Waals surface area (Å²) in [6.45, 7) is 0. The first-order valence-corrected chi connectivity index (χ1v) is 3.92. The highest BCUT2D eigenvalue weighted by molar-refractivity contribution is 6.30.